The molecule has 280 valence electrons. The number of carbonyl (C=O) groups excluding carboxylic acids is 4. The first-order valence-electron chi connectivity index (χ1n) is 16.4. The molecule has 0 radical (unpaired) electrons. The second kappa shape index (κ2) is 24.0. The van der Waals surface area contributed by atoms with Crippen molar-refractivity contribution in [2.24, 2.45) is 29.1 Å². The largest absolute Gasteiger partial charge is 0.481 e. The molecule has 16 nitrogen and oxygen atoms in total. The van der Waals surface area contributed by atoms with Crippen LogP contribution in [-0.2, 0) is 57.3 Å². The predicted octanol–water partition coefficient (Wildman–Crippen LogP) is 3.71. The first-order chi connectivity index (χ1) is 22.9. The average molecular weight is 705 g/mol. The molecule has 16 heteroatoms. The zero-order valence-electron chi connectivity index (χ0n) is 28.8. The fourth-order valence-electron chi connectivity index (χ4n) is 4.18. The van der Waals surface area contributed by atoms with Crippen molar-refractivity contribution in [3.63, 3.8) is 0 Å². The van der Waals surface area contributed by atoms with Gasteiger partial charge in [-0.15, -0.1) is 0 Å². The quantitative estimate of drug-likeness (QED) is 0.0668. The molecular weight excluding hydrogens is 652 g/mol. The number of carboxylic acids is 4. The summed E-state index contributed by atoms with van der Waals surface area (Å²) in [6, 6.07) is 0. The van der Waals surface area contributed by atoms with Crippen LogP contribution < -0.4 is 0 Å². The van der Waals surface area contributed by atoms with Crippen molar-refractivity contribution < 1.29 is 77.7 Å². The Morgan fingerprint density at radius 1 is 0.408 bits per heavy atom. The maximum Gasteiger partial charge on any atom is 0.306 e. The predicted molar refractivity (Wildman–Crippen MR) is 169 cm³/mol. The smallest absolute Gasteiger partial charge is 0.306 e. The fourth-order valence-corrected chi connectivity index (χ4v) is 4.18. The van der Waals surface area contributed by atoms with Gasteiger partial charge in [0, 0.05) is 25.7 Å². The second-order valence-electron chi connectivity index (χ2n) is 12.7. The molecule has 49 heavy (non-hydrogen) atoms. The number of carbonyl (C=O) groups is 8. The van der Waals surface area contributed by atoms with Gasteiger partial charge in [0.1, 0.15) is 31.8 Å². The molecule has 0 saturated carbocycles. The van der Waals surface area contributed by atoms with Crippen molar-refractivity contribution in [3.8, 4) is 0 Å². The fraction of sp³-hybridized carbons (Fsp3) is 0.758. The third kappa shape index (κ3) is 21.4. The van der Waals surface area contributed by atoms with Gasteiger partial charge in [0.05, 0.1) is 23.7 Å². The van der Waals surface area contributed by atoms with Crippen LogP contribution in [0.2, 0.25) is 0 Å². The number of hydrogen-bond acceptors (Lipinski definition) is 12. The van der Waals surface area contributed by atoms with Crippen molar-refractivity contribution in [1.82, 2.24) is 0 Å². The van der Waals surface area contributed by atoms with Crippen molar-refractivity contribution in [3.05, 3.63) is 0 Å². The van der Waals surface area contributed by atoms with E-state index in [1.807, 2.05) is 0 Å². The van der Waals surface area contributed by atoms with Crippen molar-refractivity contribution in [2.45, 2.75) is 105 Å². The molecule has 0 aliphatic rings. The minimum atomic E-state index is -1.60. The molecule has 4 atom stereocenters. The van der Waals surface area contributed by atoms with Gasteiger partial charge in [-0.25, -0.2) is 0 Å². The summed E-state index contributed by atoms with van der Waals surface area (Å²) in [6.07, 6.45) is 0.940. The van der Waals surface area contributed by atoms with E-state index >= 15 is 0 Å². The third-order valence-corrected chi connectivity index (χ3v) is 7.92. The highest BCUT2D eigenvalue weighted by atomic mass is 16.6. The summed E-state index contributed by atoms with van der Waals surface area (Å²) in [6.45, 7) is 3.77. The normalized spacial score (nSPS) is 14.6. The molecule has 4 N–H and O–H groups in total. The maximum atomic E-state index is 12.6. The van der Waals surface area contributed by atoms with Crippen LogP contribution >= 0.6 is 0 Å². The zero-order chi connectivity index (χ0) is 37.6. The molecule has 0 aromatic carbocycles. The topological polar surface area (TPSA) is 254 Å². The van der Waals surface area contributed by atoms with Crippen LogP contribution in [0.3, 0.4) is 0 Å². The number of esters is 4. The molecular formula is C33H52O16. The second-order valence-corrected chi connectivity index (χ2v) is 12.7. The van der Waals surface area contributed by atoms with E-state index in [2.05, 4.69) is 0 Å². The Balaban J connectivity index is 5.84. The van der Waals surface area contributed by atoms with Gasteiger partial charge in [-0.2, -0.15) is 0 Å². The van der Waals surface area contributed by atoms with Crippen molar-refractivity contribution >= 4 is 47.8 Å². The van der Waals surface area contributed by atoms with Gasteiger partial charge in [0.15, 0.2) is 0 Å². The number of aliphatic carboxylic acids is 4. The van der Waals surface area contributed by atoms with E-state index in [0.29, 0.717) is 0 Å². The minimum absolute atomic E-state index is 0.154. The Morgan fingerprint density at radius 2 is 0.592 bits per heavy atom. The SMILES string of the molecule is CC(CCCC(=O)OCC(COC(=O)CCCC(C)C(=O)O)(COC(=O)CCCC(C)C(=O)O)COC(=O)CCCC(C)C(=O)O)C(=O)O. The molecule has 0 aliphatic heterocycles. The summed E-state index contributed by atoms with van der Waals surface area (Å²) in [5, 5.41) is 36.3. The van der Waals surface area contributed by atoms with E-state index < -0.39 is 103 Å². The van der Waals surface area contributed by atoms with Gasteiger partial charge >= 0.3 is 47.8 Å². The summed E-state index contributed by atoms with van der Waals surface area (Å²) in [7, 11) is 0. The molecule has 0 spiro atoms. The van der Waals surface area contributed by atoms with E-state index in [9.17, 15) is 38.4 Å². The number of ether oxygens (including phenoxy) is 4. The lowest BCUT2D eigenvalue weighted by Crippen LogP contribution is -2.44. The first kappa shape index (κ1) is 44.8. The maximum absolute atomic E-state index is 12.6. The highest BCUT2D eigenvalue weighted by Crippen LogP contribution is 2.24. The molecule has 4 unspecified atom stereocenters. The molecule has 0 aromatic heterocycles. The number of carboxylic acid groups (broad SMARTS) is 4. The van der Waals surface area contributed by atoms with Crippen LogP contribution in [0.25, 0.3) is 0 Å². The van der Waals surface area contributed by atoms with Gasteiger partial charge < -0.3 is 39.4 Å². The van der Waals surface area contributed by atoms with Gasteiger partial charge in [-0.05, 0) is 51.4 Å². The molecule has 0 heterocycles. The third-order valence-electron chi connectivity index (χ3n) is 7.92. The molecule has 0 bridgehead atoms. The van der Waals surface area contributed by atoms with Gasteiger partial charge in [0.25, 0.3) is 0 Å². The van der Waals surface area contributed by atoms with Crippen LogP contribution in [-0.4, -0.2) is 94.6 Å². The summed E-state index contributed by atoms with van der Waals surface area (Å²) in [5.74, 6) is -9.82. The van der Waals surface area contributed by atoms with Crippen LogP contribution in [0.4, 0.5) is 0 Å². The lowest BCUT2D eigenvalue weighted by atomic mass is 9.92. The summed E-state index contributed by atoms with van der Waals surface area (Å²) in [4.78, 5) is 94.7. The monoisotopic (exact) mass is 704 g/mol. The molecule has 0 amide bonds. The number of hydrogen-bond donors (Lipinski definition) is 4. The summed E-state index contributed by atoms with van der Waals surface area (Å²) >= 11 is 0. The van der Waals surface area contributed by atoms with Gasteiger partial charge in [-0.3, -0.25) is 38.4 Å². The Morgan fingerprint density at radius 3 is 0.755 bits per heavy atom. The van der Waals surface area contributed by atoms with E-state index in [-0.39, 0.29) is 77.0 Å². The highest BCUT2D eigenvalue weighted by molar-refractivity contribution is 5.73. The summed E-state index contributed by atoms with van der Waals surface area (Å²) in [5.41, 5.74) is -1.60. The van der Waals surface area contributed by atoms with Gasteiger partial charge in [0.2, 0.25) is 0 Å². The molecule has 0 rings (SSSR count). The van der Waals surface area contributed by atoms with E-state index in [0.717, 1.165) is 0 Å². The van der Waals surface area contributed by atoms with Crippen molar-refractivity contribution in [1.29, 1.82) is 0 Å². The Kier molecular flexibility index (Phi) is 21.9. The molecule has 0 saturated heterocycles. The molecule has 0 fully saturated rings. The van der Waals surface area contributed by atoms with Crippen LogP contribution in [0.5, 0.6) is 0 Å². The van der Waals surface area contributed by atoms with Crippen LogP contribution in [0, 0.1) is 29.1 Å². The van der Waals surface area contributed by atoms with Gasteiger partial charge in [-0.1, -0.05) is 27.7 Å². The van der Waals surface area contributed by atoms with Crippen LogP contribution in [0.15, 0.2) is 0 Å². The lowest BCUT2D eigenvalue weighted by Gasteiger charge is -2.31. The summed E-state index contributed by atoms with van der Waals surface area (Å²) < 4.78 is 21.6. The van der Waals surface area contributed by atoms with E-state index in [4.69, 9.17) is 39.4 Å². The zero-order valence-corrected chi connectivity index (χ0v) is 28.8. The molecule has 0 aliphatic carbocycles. The van der Waals surface area contributed by atoms with Crippen molar-refractivity contribution in [2.75, 3.05) is 26.4 Å². The Hall–Kier alpha value is -4.24. The number of rotatable bonds is 28. The van der Waals surface area contributed by atoms with Crippen LogP contribution in [0.1, 0.15) is 105 Å². The van der Waals surface area contributed by atoms with E-state index in [1.54, 1.807) is 0 Å². The highest BCUT2D eigenvalue weighted by Gasteiger charge is 2.38. The van der Waals surface area contributed by atoms with E-state index in [1.165, 1.54) is 27.7 Å². The minimum Gasteiger partial charge on any atom is -0.481 e. The Bertz CT molecular complexity index is 942. The Labute approximate surface area is 285 Å². The molecule has 0 aromatic rings. The average Bonchev–Trinajstić information content (AvgIpc) is 3.03. The first-order valence-corrected chi connectivity index (χ1v) is 16.4. The standard InChI is InChI=1S/C33H52O16/c1-21(29(38)39)9-5-13-25(34)46-17-33(18-47-26(35)14-6-10-22(2)30(40)41,19-48-27(36)15-7-11-23(3)31(42)43)20-49-28(37)16-8-12-24(4)32(44)45/h21-24H,5-20H2,1-4H3,(H,38,39)(H,40,41)(H,42,43)(H,44,45). The lowest BCUT2D eigenvalue weighted by molar-refractivity contribution is -0.171.